The maximum Gasteiger partial charge on any atom is 0.164 e. The smallest absolute Gasteiger partial charge is 0.164 e. The third-order valence-electron chi connectivity index (χ3n) is 12.7. The van der Waals surface area contributed by atoms with Crippen molar-refractivity contribution in [3.63, 3.8) is 0 Å². The van der Waals surface area contributed by atoms with E-state index in [-0.39, 0.29) is 0 Å². The van der Waals surface area contributed by atoms with Crippen molar-refractivity contribution in [3.05, 3.63) is 115 Å². The number of rotatable bonds is 5. The highest BCUT2D eigenvalue weighted by Crippen LogP contribution is 2.76. The van der Waals surface area contributed by atoms with E-state index in [4.69, 9.17) is 15.0 Å². The second kappa shape index (κ2) is 9.44. The lowest BCUT2D eigenvalue weighted by Crippen LogP contribution is -2.69. The molecule has 4 aromatic carbocycles. The largest absolute Gasteiger partial charge is 0.208 e. The standard InChI is InChI=1S/C41H37N3/c1-3-7-29(8-4-1)38-42-39(30-9-5-2-6-10-30)44-40(43-38)31-13-11-27(12-14-31)28-15-17-32(18-16-28)41-24-26-20-34-33-19-25(22-36(34)41)23-37(41)35(33)21-26/h1-18,25-26,33-37H,19-24H2. The van der Waals surface area contributed by atoms with Gasteiger partial charge in [-0.1, -0.05) is 109 Å². The first-order valence-electron chi connectivity index (χ1n) is 16.8. The molecular formula is C41H37N3. The summed E-state index contributed by atoms with van der Waals surface area (Å²) in [6.07, 6.45) is 9.12. The van der Waals surface area contributed by atoms with Gasteiger partial charge in [-0.15, -0.1) is 0 Å². The van der Waals surface area contributed by atoms with E-state index in [1.165, 1.54) is 30.4 Å². The van der Waals surface area contributed by atoms with Crippen LogP contribution < -0.4 is 0 Å². The summed E-state index contributed by atoms with van der Waals surface area (Å²) < 4.78 is 0. The van der Waals surface area contributed by atoms with Crippen molar-refractivity contribution >= 4 is 0 Å². The third kappa shape index (κ3) is 3.65. The number of nitrogens with zero attached hydrogens (tertiary/aromatic N) is 3. The maximum atomic E-state index is 4.92. The fourth-order valence-corrected chi connectivity index (χ4v) is 11.2. The summed E-state index contributed by atoms with van der Waals surface area (Å²) in [6, 6.07) is 39.0. The summed E-state index contributed by atoms with van der Waals surface area (Å²) in [4.78, 5) is 14.7. The van der Waals surface area contributed by atoms with E-state index in [0.29, 0.717) is 22.9 Å². The van der Waals surface area contributed by atoms with Crippen LogP contribution >= 0.6 is 0 Å². The normalized spacial score (nSPS) is 32.3. The number of hydrogen-bond acceptors (Lipinski definition) is 3. The lowest BCUT2D eigenvalue weighted by atomic mass is 9.30. The first kappa shape index (κ1) is 25.2. The molecule has 1 aromatic heterocycles. The quantitative estimate of drug-likeness (QED) is 0.211. The molecule has 8 bridgehead atoms. The van der Waals surface area contributed by atoms with Gasteiger partial charge in [0, 0.05) is 22.1 Å². The lowest BCUT2D eigenvalue weighted by molar-refractivity contribution is -0.220. The summed E-state index contributed by atoms with van der Waals surface area (Å²) in [5.74, 6) is 9.11. The van der Waals surface area contributed by atoms with E-state index >= 15 is 0 Å². The molecule has 7 fully saturated rings. The molecule has 1 heterocycles. The Hall–Kier alpha value is -4.11. The van der Waals surface area contributed by atoms with Crippen LogP contribution in [0, 0.1) is 41.4 Å². The molecule has 12 rings (SSSR count). The van der Waals surface area contributed by atoms with Gasteiger partial charge in [0.2, 0.25) is 0 Å². The highest BCUT2D eigenvalue weighted by Gasteiger charge is 2.70. The Morgan fingerprint density at radius 1 is 0.409 bits per heavy atom. The van der Waals surface area contributed by atoms with Crippen molar-refractivity contribution in [3.8, 4) is 45.3 Å². The molecule has 4 atom stereocenters. The third-order valence-corrected chi connectivity index (χ3v) is 12.7. The predicted octanol–water partition coefficient (Wildman–Crippen LogP) is 9.50. The van der Waals surface area contributed by atoms with E-state index in [9.17, 15) is 0 Å². The molecule has 0 N–H and O–H groups in total. The van der Waals surface area contributed by atoms with Crippen LogP contribution in [0.3, 0.4) is 0 Å². The molecule has 5 aromatic rings. The number of aromatic nitrogens is 3. The molecule has 3 heteroatoms. The zero-order valence-electron chi connectivity index (χ0n) is 25.0. The van der Waals surface area contributed by atoms with Crippen LogP contribution in [0.1, 0.15) is 44.1 Å². The SMILES string of the molecule is c1ccc(-c2nc(-c3ccccc3)nc(-c3ccc(-c4ccc(C56CC7CC8C9CC(CC85)CC6C9C7)cc4)cc3)n2)cc1. The van der Waals surface area contributed by atoms with Crippen molar-refractivity contribution in [1.82, 2.24) is 15.0 Å². The second-order valence-corrected chi connectivity index (χ2v) is 14.6. The summed E-state index contributed by atoms with van der Waals surface area (Å²) in [5, 5.41) is 0. The van der Waals surface area contributed by atoms with Crippen LogP contribution in [0.4, 0.5) is 0 Å². The van der Waals surface area contributed by atoms with Gasteiger partial charge in [-0.05, 0) is 96.6 Å². The van der Waals surface area contributed by atoms with Gasteiger partial charge in [-0.2, -0.15) is 0 Å². The molecule has 0 aliphatic heterocycles. The average Bonchev–Trinajstić information content (AvgIpc) is 3.11. The Labute approximate surface area is 259 Å². The van der Waals surface area contributed by atoms with Crippen LogP contribution in [-0.4, -0.2) is 15.0 Å². The maximum absolute atomic E-state index is 4.92. The Balaban J connectivity index is 0.974. The molecular weight excluding hydrogens is 534 g/mol. The van der Waals surface area contributed by atoms with Crippen molar-refractivity contribution < 1.29 is 0 Å². The van der Waals surface area contributed by atoms with E-state index in [2.05, 4.69) is 72.8 Å². The fraction of sp³-hybridized carbons (Fsp3) is 0.341. The molecule has 44 heavy (non-hydrogen) atoms. The monoisotopic (exact) mass is 571 g/mol. The second-order valence-electron chi connectivity index (χ2n) is 14.6. The van der Waals surface area contributed by atoms with Crippen LogP contribution in [-0.2, 0) is 5.41 Å². The number of benzene rings is 4. The van der Waals surface area contributed by atoms with Crippen LogP contribution in [0.5, 0.6) is 0 Å². The first-order valence-corrected chi connectivity index (χ1v) is 16.8. The van der Waals surface area contributed by atoms with Crippen LogP contribution in [0.25, 0.3) is 45.3 Å². The number of hydrogen-bond donors (Lipinski definition) is 0. The molecule has 3 nitrogen and oxygen atoms in total. The molecule has 0 saturated heterocycles. The topological polar surface area (TPSA) is 38.7 Å². The summed E-state index contributed by atoms with van der Waals surface area (Å²) in [5.41, 5.74) is 7.66. The molecule has 0 spiro atoms. The Bertz CT molecular complexity index is 1760. The molecule has 0 amide bonds. The lowest BCUT2D eigenvalue weighted by Gasteiger charge is -2.74. The predicted molar refractivity (Wildman–Crippen MR) is 175 cm³/mol. The van der Waals surface area contributed by atoms with Gasteiger partial charge < -0.3 is 0 Å². The zero-order valence-corrected chi connectivity index (χ0v) is 25.0. The van der Waals surface area contributed by atoms with E-state index in [1.807, 2.05) is 36.4 Å². The highest BCUT2D eigenvalue weighted by atomic mass is 15.0. The zero-order chi connectivity index (χ0) is 28.8. The van der Waals surface area contributed by atoms with Crippen molar-refractivity contribution in [2.24, 2.45) is 41.4 Å². The molecule has 7 aliphatic carbocycles. The average molecular weight is 572 g/mol. The molecule has 0 radical (unpaired) electrons. The molecule has 216 valence electrons. The van der Waals surface area contributed by atoms with Crippen molar-refractivity contribution in [2.45, 2.75) is 43.9 Å². The Kier molecular flexibility index (Phi) is 5.42. The molecule has 7 saturated carbocycles. The Morgan fingerprint density at radius 3 is 1.36 bits per heavy atom. The highest BCUT2D eigenvalue weighted by molar-refractivity contribution is 5.70. The minimum atomic E-state index is 0.470. The van der Waals surface area contributed by atoms with Crippen LogP contribution in [0.2, 0.25) is 0 Å². The van der Waals surface area contributed by atoms with Gasteiger partial charge in [-0.3, -0.25) is 0 Å². The first-order chi connectivity index (χ1) is 21.7. The van der Waals surface area contributed by atoms with Gasteiger partial charge in [0.15, 0.2) is 17.5 Å². The van der Waals surface area contributed by atoms with Crippen LogP contribution in [0.15, 0.2) is 109 Å². The fourth-order valence-electron chi connectivity index (χ4n) is 11.2. The minimum absolute atomic E-state index is 0.470. The van der Waals surface area contributed by atoms with Gasteiger partial charge >= 0.3 is 0 Å². The minimum Gasteiger partial charge on any atom is -0.208 e. The molecule has 4 unspecified atom stereocenters. The van der Waals surface area contributed by atoms with Crippen molar-refractivity contribution in [1.29, 1.82) is 0 Å². The van der Waals surface area contributed by atoms with Gasteiger partial charge in [-0.25, -0.2) is 15.0 Å². The van der Waals surface area contributed by atoms with E-state index in [1.54, 1.807) is 24.8 Å². The van der Waals surface area contributed by atoms with Gasteiger partial charge in [0.25, 0.3) is 0 Å². The van der Waals surface area contributed by atoms with E-state index in [0.717, 1.165) is 58.1 Å². The summed E-state index contributed by atoms with van der Waals surface area (Å²) >= 11 is 0. The molecule has 7 aliphatic rings. The van der Waals surface area contributed by atoms with Gasteiger partial charge in [0.05, 0.1) is 0 Å². The summed E-state index contributed by atoms with van der Waals surface area (Å²) in [7, 11) is 0. The summed E-state index contributed by atoms with van der Waals surface area (Å²) in [6.45, 7) is 0. The van der Waals surface area contributed by atoms with Crippen molar-refractivity contribution in [2.75, 3.05) is 0 Å². The van der Waals surface area contributed by atoms with E-state index < -0.39 is 0 Å². The Morgan fingerprint density at radius 2 is 0.841 bits per heavy atom. The van der Waals surface area contributed by atoms with Gasteiger partial charge in [0.1, 0.15) is 0 Å².